The maximum absolute atomic E-state index is 12.6. The SMILES string of the molecule is COC1CCC(C(=O)Nc2cccc(C(F)(F)F)c2)CC1. The van der Waals surface area contributed by atoms with Crippen molar-refractivity contribution in [1.29, 1.82) is 0 Å². The van der Waals surface area contributed by atoms with Gasteiger partial charge in [0.2, 0.25) is 5.91 Å². The molecule has 3 nitrogen and oxygen atoms in total. The molecule has 0 aromatic heterocycles. The molecule has 0 unspecified atom stereocenters. The minimum absolute atomic E-state index is 0.161. The number of benzene rings is 1. The molecule has 1 fully saturated rings. The Kier molecular flexibility index (Phi) is 4.88. The number of anilines is 1. The van der Waals surface area contributed by atoms with E-state index in [0.29, 0.717) is 12.8 Å². The Morgan fingerprint density at radius 2 is 1.90 bits per heavy atom. The summed E-state index contributed by atoms with van der Waals surface area (Å²) >= 11 is 0. The van der Waals surface area contributed by atoms with Gasteiger partial charge < -0.3 is 10.1 Å². The third-order valence-corrected chi connectivity index (χ3v) is 3.84. The molecule has 0 radical (unpaired) electrons. The van der Waals surface area contributed by atoms with Gasteiger partial charge in [0, 0.05) is 18.7 Å². The third kappa shape index (κ3) is 4.20. The van der Waals surface area contributed by atoms with E-state index >= 15 is 0 Å². The van der Waals surface area contributed by atoms with Crippen LogP contribution in [0.3, 0.4) is 0 Å². The molecule has 0 spiro atoms. The number of amides is 1. The smallest absolute Gasteiger partial charge is 0.381 e. The van der Waals surface area contributed by atoms with Crippen LogP contribution in [-0.4, -0.2) is 19.1 Å². The van der Waals surface area contributed by atoms with Crippen LogP contribution in [0.5, 0.6) is 0 Å². The van der Waals surface area contributed by atoms with Gasteiger partial charge in [-0.05, 0) is 43.9 Å². The number of nitrogens with one attached hydrogen (secondary N) is 1. The number of methoxy groups -OCH3 is 1. The molecule has 1 saturated carbocycles. The molecule has 1 N–H and O–H groups in total. The summed E-state index contributed by atoms with van der Waals surface area (Å²) in [4.78, 5) is 12.1. The number of carbonyl (C=O) groups is 1. The van der Waals surface area contributed by atoms with E-state index in [4.69, 9.17) is 4.74 Å². The van der Waals surface area contributed by atoms with Gasteiger partial charge in [-0.25, -0.2) is 0 Å². The van der Waals surface area contributed by atoms with Crippen molar-refractivity contribution in [2.75, 3.05) is 12.4 Å². The topological polar surface area (TPSA) is 38.3 Å². The molecular weight excluding hydrogens is 283 g/mol. The van der Waals surface area contributed by atoms with Crippen molar-refractivity contribution in [1.82, 2.24) is 0 Å². The highest BCUT2D eigenvalue weighted by molar-refractivity contribution is 5.92. The zero-order valence-electron chi connectivity index (χ0n) is 11.7. The highest BCUT2D eigenvalue weighted by Crippen LogP contribution is 2.31. The summed E-state index contributed by atoms with van der Waals surface area (Å²) in [7, 11) is 1.65. The van der Waals surface area contributed by atoms with Crippen molar-refractivity contribution >= 4 is 11.6 Å². The lowest BCUT2D eigenvalue weighted by molar-refractivity contribution is -0.137. The highest BCUT2D eigenvalue weighted by atomic mass is 19.4. The van der Waals surface area contributed by atoms with Crippen molar-refractivity contribution < 1.29 is 22.7 Å². The molecule has 1 aliphatic rings. The predicted octanol–water partition coefficient (Wildman–Crippen LogP) is 3.85. The lowest BCUT2D eigenvalue weighted by Gasteiger charge is -2.26. The molecule has 6 heteroatoms. The molecule has 0 atom stereocenters. The third-order valence-electron chi connectivity index (χ3n) is 3.84. The second-order valence-corrected chi connectivity index (χ2v) is 5.28. The van der Waals surface area contributed by atoms with Gasteiger partial charge in [-0.15, -0.1) is 0 Å². The first-order valence-corrected chi connectivity index (χ1v) is 6.91. The maximum atomic E-state index is 12.6. The second kappa shape index (κ2) is 6.47. The van der Waals surface area contributed by atoms with E-state index in [1.165, 1.54) is 12.1 Å². The summed E-state index contributed by atoms with van der Waals surface area (Å²) in [5, 5.41) is 2.58. The van der Waals surface area contributed by atoms with E-state index in [-0.39, 0.29) is 23.6 Å². The molecule has 1 aromatic rings. The van der Waals surface area contributed by atoms with Crippen molar-refractivity contribution in [2.45, 2.75) is 38.0 Å². The van der Waals surface area contributed by atoms with E-state index in [0.717, 1.165) is 25.0 Å². The van der Waals surface area contributed by atoms with Gasteiger partial charge >= 0.3 is 6.18 Å². The summed E-state index contributed by atoms with van der Waals surface area (Å²) < 4.78 is 43.1. The van der Waals surface area contributed by atoms with Crippen molar-refractivity contribution in [3.63, 3.8) is 0 Å². The van der Waals surface area contributed by atoms with Crippen molar-refractivity contribution in [2.24, 2.45) is 5.92 Å². The summed E-state index contributed by atoms with van der Waals surface area (Å²) in [6.45, 7) is 0. The minimum atomic E-state index is -4.41. The van der Waals surface area contributed by atoms with E-state index < -0.39 is 11.7 Å². The lowest BCUT2D eigenvalue weighted by Crippen LogP contribution is -2.29. The molecular formula is C15H18F3NO2. The number of ether oxygens (including phenoxy) is 1. The Balaban J connectivity index is 1.97. The number of halogens is 3. The minimum Gasteiger partial charge on any atom is -0.381 e. The standard InChI is InChI=1S/C15H18F3NO2/c1-21-13-7-5-10(6-8-13)14(20)19-12-4-2-3-11(9-12)15(16,17)18/h2-4,9-10,13H,5-8H2,1H3,(H,19,20). The van der Waals surface area contributed by atoms with Gasteiger partial charge in [0.15, 0.2) is 0 Å². The number of alkyl halides is 3. The van der Waals surface area contributed by atoms with Crippen LogP contribution in [0.15, 0.2) is 24.3 Å². The zero-order chi connectivity index (χ0) is 15.5. The molecule has 0 aliphatic heterocycles. The molecule has 1 aromatic carbocycles. The fourth-order valence-corrected chi connectivity index (χ4v) is 2.58. The number of rotatable bonds is 3. The highest BCUT2D eigenvalue weighted by Gasteiger charge is 2.31. The predicted molar refractivity (Wildman–Crippen MR) is 72.8 cm³/mol. The van der Waals surface area contributed by atoms with Gasteiger partial charge in [0.05, 0.1) is 11.7 Å². The summed E-state index contributed by atoms with van der Waals surface area (Å²) in [5.74, 6) is -0.380. The van der Waals surface area contributed by atoms with Gasteiger partial charge in [-0.2, -0.15) is 13.2 Å². The first-order chi connectivity index (χ1) is 9.90. The monoisotopic (exact) mass is 301 g/mol. The zero-order valence-corrected chi connectivity index (χ0v) is 11.7. The van der Waals surface area contributed by atoms with Crippen molar-refractivity contribution in [3.05, 3.63) is 29.8 Å². The van der Waals surface area contributed by atoms with Crippen molar-refractivity contribution in [3.8, 4) is 0 Å². The number of hydrogen-bond donors (Lipinski definition) is 1. The molecule has 21 heavy (non-hydrogen) atoms. The molecule has 0 heterocycles. The largest absolute Gasteiger partial charge is 0.416 e. The lowest BCUT2D eigenvalue weighted by atomic mass is 9.87. The van der Waals surface area contributed by atoms with Crippen LogP contribution in [0.4, 0.5) is 18.9 Å². The van der Waals surface area contributed by atoms with Gasteiger partial charge in [-0.3, -0.25) is 4.79 Å². The van der Waals surface area contributed by atoms with Crippen LogP contribution in [0.1, 0.15) is 31.2 Å². The fraction of sp³-hybridized carbons (Fsp3) is 0.533. The number of hydrogen-bond acceptors (Lipinski definition) is 2. The van der Waals surface area contributed by atoms with E-state index in [9.17, 15) is 18.0 Å². The van der Waals surface area contributed by atoms with E-state index in [1.54, 1.807) is 7.11 Å². The van der Waals surface area contributed by atoms with Crippen LogP contribution in [0, 0.1) is 5.92 Å². The molecule has 0 bridgehead atoms. The second-order valence-electron chi connectivity index (χ2n) is 5.28. The van der Waals surface area contributed by atoms with Crippen LogP contribution >= 0.6 is 0 Å². The Morgan fingerprint density at radius 3 is 2.48 bits per heavy atom. The van der Waals surface area contributed by atoms with E-state index in [2.05, 4.69) is 5.32 Å². The summed E-state index contributed by atoms with van der Waals surface area (Å²) in [5.41, 5.74) is -0.577. The molecule has 1 amide bonds. The van der Waals surface area contributed by atoms with Gasteiger partial charge in [0.25, 0.3) is 0 Å². The average Bonchev–Trinajstić information content (AvgIpc) is 2.47. The quantitative estimate of drug-likeness (QED) is 0.921. The Morgan fingerprint density at radius 1 is 1.24 bits per heavy atom. The summed E-state index contributed by atoms with van der Waals surface area (Å²) in [6.07, 6.45) is -1.22. The van der Waals surface area contributed by atoms with Crippen LogP contribution < -0.4 is 5.32 Å². The fourth-order valence-electron chi connectivity index (χ4n) is 2.58. The first-order valence-electron chi connectivity index (χ1n) is 6.91. The number of carbonyl (C=O) groups excluding carboxylic acids is 1. The Hall–Kier alpha value is -1.56. The summed E-state index contributed by atoms with van der Waals surface area (Å²) in [6, 6.07) is 4.70. The molecule has 1 aliphatic carbocycles. The van der Waals surface area contributed by atoms with Gasteiger partial charge in [-0.1, -0.05) is 6.07 Å². The van der Waals surface area contributed by atoms with Gasteiger partial charge in [0.1, 0.15) is 0 Å². The Bertz CT molecular complexity index is 494. The molecule has 0 saturated heterocycles. The van der Waals surface area contributed by atoms with E-state index in [1.807, 2.05) is 0 Å². The average molecular weight is 301 g/mol. The van der Waals surface area contributed by atoms with Crippen LogP contribution in [0.2, 0.25) is 0 Å². The normalized spacial score (nSPS) is 22.9. The first kappa shape index (κ1) is 15.8. The van der Waals surface area contributed by atoms with Crippen LogP contribution in [-0.2, 0) is 15.7 Å². The maximum Gasteiger partial charge on any atom is 0.416 e. The molecule has 116 valence electrons. The van der Waals surface area contributed by atoms with Crippen LogP contribution in [0.25, 0.3) is 0 Å². The Labute approximate surface area is 121 Å². The molecule has 2 rings (SSSR count).